The molecule has 0 aliphatic heterocycles. The molecule has 0 saturated carbocycles. The number of rotatable bonds is 11. The number of nitrogens with zero attached hydrogens (tertiary/aromatic N) is 2. The first-order valence-electron chi connectivity index (χ1n) is 12.8. The Morgan fingerprint density at radius 3 is 2.05 bits per heavy atom. The van der Waals surface area contributed by atoms with Crippen LogP contribution in [0.4, 0.5) is 5.69 Å². The van der Waals surface area contributed by atoms with E-state index in [2.05, 4.69) is 5.32 Å². The molecule has 3 aromatic carbocycles. The lowest BCUT2D eigenvalue weighted by Crippen LogP contribution is -2.53. The minimum atomic E-state index is -4.07. The molecule has 1 N–H and O–H groups in total. The molecule has 3 aromatic rings. The zero-order valence-electron chi connectivity index (χ0n) is 22.7. The first-order chi connectivity index (χ1) is 18.0. The Kier molecular flexibility index (Phi) is 9.69. The van der Waals surface area contributed by atoms with Gasteiger partial charge in [-0.05, 0) is 70.4 Å². The molecular formula is C30H37N3O4S. The van der Waals surface area contributed by atoms with Gasteiger partial charge in [0.1, 0.15) is 12.6 Å². The van der Waals surface area contributed by atoms with Crippen LogP contribution in [0.5, 0.6) is 0 Å². The van der Waals surface area contributed by atoms with E-state index in [0.29, 0.717) is 12.1 Å². The van der Waals surface area contributed by atoms with E-state index >= 15 is 0 Å². The van der Waals surface area contributed by atoms with Crippen molar-refractivity contribution >= 4 is 27.5 Å². The van der Waals surface area contributed by atoms with Gasteiger partial charge in [0.2, 0.25) is 11.8 Å². The summed E-state index contributed by atoms with van der Waals surface area (Å²) in [4.78, 5) is 28.4. The minimum absolute atomic E-state index is 0.0959. The Morgan fingerprint density at radius 1 is 0.842 bits per heavy atom. The third-order valence-electron chi connectivity index (χ3n) is 6.35. The van der Waals surface area contributed by atoms with E-state index in [0.717, 1.165) is 21.0 Å². The van der Waals surface area contributed by atoms with E-state index < -0.39 is 28.5 Å². The van der Waals surface area contributed by atoms with Gasteiger partial charge in [-0.15, -0.1) is 0 Å². The summed E-state index contributed by atoms with van der Waals surface area (Å²) in [6.45, 7) is 8.91. The summed E-state index contributed by atoms with van der Waals surface area (Å²) in [6, 6.07) is 22.4. The lowest BCUT2D eigenvalue weighted by atomic mass is 10.1. The number of aryl methyl sites for hydroxylation is 2. The largest absolute Gasteiger partial charge is 0.352 e. The number of amides is 2. The first kappa shape index (κ1) is 28.9. The van der Waals surface area contributed by atoms with Crippen LogP contribution in [-0.2, 0) is 26.0 Å². The Balaban J connectivity index is 1.99. The normalized spacial score (nSPS) is 12.2. The second-order valence-corrected chi connectivity index (χ2v) is 11.6. The zero-order valence-corrected chi connectivity index (χ0v) is 23.5. The SMILES string of the molecule is Cc1ccc(S(=O)(=O)N(CC(=O)N(CCc2ccccc2)C(C)C(=O)NC(C)C)c2ccccc2C)cc1. The topological polar surface area (TPSA) is 86.8 Å². The van der Waals surface area contributed by atoms with Gasteiger partial charge in [-0.2, -0.15) is 0 Å². The molecule has 2 amide bonds. The van der Waals surface area contributed by atoms with Crippen molar-refractivity contribution < 1.29 is 18.0 Å². The van der Waals surface area contributed by atoms with E-state index in [1.807, 2.05) is 70.2 Å². The predicted molar refractivity (Wildman–Crippen MR) is 151 cm³/mol. The van der Waals surface area contributed by atoms with Crippen molar-refractivity contribution in [3.8, 4) is 0 Å². The summed E-state index contributed by atoms with van der Waals surface area (Å²) >= 11 is 0. The third-order valence-corrected chi connectivity index (χ3v) is 8.13. The Bertz CT molecular complexity index is 1340. The first-order valence-corrected chi connectivity index (χ1v) is 14.2. The molecule has 202 valence electrons. The molecule has 0 heterocycles. The van der Waals surface area contributed by atoms with Gasteiger partial charge in [-0.1, -0.05) is 66.2 Å². The highest BCUT2D eigenvalue weighted by atomic mass is 32.2. The van der Waals surface area contributed by atoms with Gasteiger partial charge in [0.25, 0.3) is 10.0 Å². The number of hydrogen-bond acceptors (Lipinski definition) is 4. The molecule has 0 aromatic heterocycles. The second kappa shape index (κ2) is 12.7. The van der Waals surface area contributed by atoms with Gasteiger partial charge in [0.15, 0.2) is 0 Å². The quantitative estimate of drug-likeness (QED) is 0.392. The summed E-state index contributed by atoms with van der Waals surface area (Å²) in [6.07, 6.45) is 0.529. The van der Waals surface area contributed by atoms with Crippen LogP contribution in [0.25, 0.3) is 0 Å². The van der Waals surface area contributed by atoms with Crippen LogP contribution in [0.2, 0.25) is 0 Å². The summed E-state index contributed by atoms with van der Waals surface area (Å²) in [5.41, 5.74) is 3.09. The van der Waals surface area contributed by atoms with Crippen LogP contribution in [0, 0.1) is 13.8 Å². The molecule has 1 unspecified atom stereocenters. The maximum Gasteiger partial charge on any atom is 0.264 e. The molecule has 0 bridgehead atoms. The van der Waals surface area contributed by atoms with E-state index in [9.17, 15) is 18.0 Å². The van der Waals surface area contributed by atoms with E-state index in [1.54, 1.807) is 43.3 Å². The van der Waals surface area contributed by atoms with Crippen molar-refractivity contribution in [2.75, 3.05) is 17.4 Å². The molecule has 7 nitrogen and oxygen atoms in total. The average Bonchev–Trinajstić information content (AvgIpc) is 2.88. The Hall–Kier alpha value is -3.65. The summed E-state index contributed by atoms with van der Waals surface area (Å²) in [5, 5.41) is 2.87. The summed E-state index contributed by atoms with van der Waals surface area (Å²) < 4.78 is 28.9. The van der Waals surface area contributed by atoms with Gasteiger partial charge < -0.3 is 10.2 Å². The number of para-hydroxylation sites is 1. The molecule has 8 heteroatoms. The molecule has 0 radical (unpaired) electrons. The molecular weight excluding hydrogens is 498 g/mol. The zero-order chi connectivity index (χ0) is 27.9. The second-order valence-electron chi connectivity index (χ2n) is 9.77. The number of sulfonamides is 1. The standard InChI is InChI=1S/C30H37N3O4S/c1-22(2)31-30(35)25(5)32(20-19-26-12-7-6-8-13-26)29(34)21-33(28-14-10-9-11-24(28)4)38(36,37)27-17-15-23(3)16-18-27/h6-18,22,25H,19-21H2,1-5H3,(H,31,35). The van der Waals surface area contributed by atoms with Gasteiger partial charge in [0, 0.05) is 12.6 Å². The molecule has 0 saturated heterocycles. The lowest BCUT2D eigenvalue weighted by Gasteiger charge is -2.32. The van der Waals surface area contributed by atoms with Crippen LogP contribution < -0.4 is 9.62 Å². The summed E-state index contributed by atoms with van der Waals surface area (Å²) in [5.74, 6) is -0.739. The number of hydrogen-bond donors (Lipinski definition) is 1. The fraction of sp³-hybridized carbons (Fsp3) is 0.333. The Labute approximate surface area is 226 Å². The molecule has 0 fully saturated rings. The van der Waals surface area contributed by atoms with Gasteiger partial charge in [-0.25, -0.2) is 8.42 Å². The minimum Gasteiger partial charge on any atom is -0.352 e. The van der Waals surface area contributed by atoms with Crippen molar-refractivity contribution in [2.45, 2.75) is 58.0 Å². The maximum absolute atomic E-state index is 13.9. The molecule has 38 heavy (non-hydrogen) atoms. The van der Waals surface area contributed by atoms with Crippen LogP contribution in [0.3, 0.4) is 0 Å². The number of benzene rings is 3. The molecule has 3 rings (SSSR count). The highest BCUT2D eigenvalue weighted by molar-refractivity contribution is 7.92. The number of carbonyl (C=O) groups is 2. The summed E-state index contributed by atoms with van der Waals surface area (Å²) in [7, 11) is -4.07. The fourth-order valence-electron chi connectivity index (χ4n) is 4.17. The van der Waals surface area contributed by atoms with E-state index in [-0.39, 0.29) is 23.4 Å². The molecule has 0 aliphatic rings. The van der Waals surface area contributed by atoms with Gasteiger partial charge in [-0.3, -0.25) is 13.9 Å². The Morgan fingerprint density at radius 2 is 1.45 bits per heavy atom. The lowest BCUT2D eigenvalue weighted by molar-refractivity contribution is -0.139. The van der Waals surface area contributed by atoms with Gasteiger partial charge >= 0.3 is 0 Å². The maximum atomic E-state index is 13.9. The van der Waals surface area contributed by atoms with E-state index in [1.165, 1.54) is 4.90 Å². The van der Waals surface area contributed by atoms with Crippen LogP contribution in [-0.4, -0.2) is 50.3 Å². The number of nitrogens with one attached hydrogen (secondary N) is 1. The van der Waals surface area contributed by atoms with Crippen LogP contribution in [0.15, 0.2) is 83.8 Å². The molecule has 0 spiro atoms. The monoisotopic (exact) mass is 535 g/mol. The number of carbonyl (C=O) groups excluding carboxylic acids is 2. The van der Waals surface area contributed by atoms with Crippen LogP contribution in [0.1, 0.15) is 37.5 Å². The van der Waals surface area contributed by atoms with Gasteiger partial charge in [0.05, 0.1) is 10.6 Å². The third kappa shape index (κ3) is 7.22. The van der Waals surface area contributed by atoms with Crippen LogP contribution >= 0.6 is 0 Å². The predicted octanol–water partition coefficient (Wildman–Crippen LogP) is 4.48. The van der Waals surface area contributed by atoms with Crippen molar-refractivity contribution in [1.82, 2.24) is 10.2 Å². The molecule has 1 atom stereocenters. The molecule has 0 aliphatic carbocycles. The van der Waals surface area contributed by atoms with E-state index in [4.69, 9.17) is 0 Å². The fourth-order valence-corrected chi connectivity index (χ4v) is 5.65. The highest BCUT2D eigenvalue weighted by Gasteiger charge is 2.33. The average molecular weight is 536 g/mol. The highest BCUT2D eigenvalue weighted by Crippen LogP contribution is 2.27. The van der Waals surface area contributed by atoms with Crippen molar-refractivity contribution in [2.24, 2.45) is 0 Å². The van der Waals surface area contributed by atoms with Crippen molar-refractivity contribution in [3.63, 3.8) is 0 Å². The van der Waals surface area contributed by atoms with Crippen molar-refractivity contribution in [1.29, 1.82) is 0 Å². The van der Waals surface area contributed by atoms with Crippen molar-refractivity contribution in [3.05, 3.63) is 95.6 Å². The number of anilines is 1. The smallest absolute Gasteiger partial charge is 0.264 e.